The summed E-state index contributed by atoms with van der Waals surface area (Å²) >= 11 is 0. The number of aromatic nitrogens is 3. The Hall–Kier alpha value is -1.96. The van der Waals surface area contributed by atoms with Gasteiger partial charge < -0.3 is 15.2 Å². The third kappa shape index (κ3) is 2.59. The molecule has 0 aliphatic heterocycles. The normalized spacial score (nSPS) is 12.2. The molecule has 0 fully saturated rings. The van der Waals surface area contributed by atoms with Crippen LogP contribution in [0.5, 0.6) is 0 Å². The van der Waals surface area contributed by atoms with E-state index in [0.717, 1.165) is 0 Å². The predicted octanol–water partition coefficient (Wildman–Crippen LogP) is -0.743. The van der Waals surface area contributed by atoms with E-state index < -0.39 is 17.9 Å². The standard InChI is InChI=1S/C9H14N4O4/c1-5(8(10)14)13-6(4-16-2)7(11-12-13)9(15)17-3/h5H,4H2,1-3H3,(H2,10,14). The number of rotatable bonds is 5. The maximum absolute atomic E-state index is 11.4. The Labute approximate surface area is 97.7 Å². The molecule has 0 saturated heterocycles. The highest BCUT2D eigenvalue weighted by molar-refractivity contribution is 5.88. The van der Waals surface area contributed by atoms with Crippen LogP contribution in [0.25, 0.3) is 0 Å². The van der Waals surface area contributed by atoms with Crippen LogP contribution in [0, 0.1) is 0 Å². The minimum atomic E-state index is -0.717. The number of primary amides is 1. The van der Waals surface area contributed by atoms with E-state index in [2.05, 4.69) is 15.0 Å². The van der Waals surface area contributed by atoms with Crippen molar-refractivity contribution in [2.45, 2.75) is 19.6 Å². The Morgan fingerprint density at radius 2 is 2.12 bits per heavy atom. The SMILES string of the molecule is COCc1c(C(=O)OC)nnn1C(C)C(N)=O. The van der Waals surface area contributed by atoms with Crippen molar-refractivity contribution in [1.82, 2.24) is 15.0 Å². The molecule has 0 aliphatic rings. The Bertz CT molecular complexity index is 429. The summed E-state index contributed by atoms with van der Waals surface area (Å²) < 4.78 is 10.7. The fourth-order valence-corrected chi connectivity index (χ4v) is 1.27. The average Bonchev–Trinajstić information content (AvgIpc) is 2.71. The first kappa shape index (κ1) is 13.1. The maximum Gasteiger partial charge on any atom is 0.360 e. The maximum atomic E-state index is 11.4. The van der Waals surface area contributed by atoms with E-state index in [9.17, 15) is 9.59 Å². The van der Waals surface area contributed by atoms with E-state index in [1.165, 1.54) is 18.9 Å². The summed E-state index contributed by atoms with van der Waals surface area (Å²) in [7, 11) is 2.68. The van der Waals surface area contributed by atoms with E-state index in [1.807, 2.05) is 0 Å². The molecule has 8 heteroatoms. The first-order valence-electron chi connectivity index (χ1n) is 4.83. The highest BCUT2D eigenvalue weighted by atomic mass is 16.5. The van der Waals surface area contributed by atoms with Gasteiger partial charge in [-0.25, -0.2) is 9.48 Å². The zero-order chi connectivity index (χ0) is 13.0. The van der Waals surface area contributed by atoms with Crippen LogP contribution in [-0.4, -0.2) is 41.1 Å². The van der Waals surface area contributed by atoms with Crippen LogP contribution >= 0.6 is 0 Å². The molecular formula is C9H14N4O4. The van der Waals surface area contributed by atoms with Crippen LogP contribution < -0.4 is 5.73 Å². The molecule has 0 spiro atoms. The van der Waals surface area contributed by atoms with E-state index in [1.54, 1.807) is 6.92 Å². The second kappa shape index (κ2) is 5.39. The van der Waals surface area contributed by atoms with Crippen molar-refractivity contribution in [3.05, 3.63) is 11.4 Å². The number of ether oxygens (including phenoxy) is 2. The monoisotopic (exact) mass is 242 g/mol. The molecule has 2 N–H and O–H groups in total. The number of esters is 1. The highest BCUT2D eigenvalue weighted by Crippen LogP contribution is 2.13. The van der Waals surface area contributed by atoms with Crippen LogP contribution in [-0.2, 0) is 20.9 Å². The van der Waals surface area contributed by atoms with Crippen molar-refractivity contribution in [3.8, 4) is 0 Å². The van der Waals surface area contributed by atoms with Crippen LogP contribution in [0.3, 0.4) is 0 Å². The van der Waals surface area contributed by atoms with Gasteiger partial charge in [0.05, 0.1) is 13.7 Å². The molecule has 1 rings (SSSR count). The molecule has 0 aliphatic carbocycles. The topological polar surface area (TPSA) is 109 Å². The molecule has 1 heterocycles. The van der Waals surface area contributed by atoms with Crippen molar-refractivity contribution in [3.63, 3.8) is 0 Å². The molecule has 0 radical (unpaired) electrons. The van der Waals surface area contributed by atoms with Gasteiger partial charge in [0.2, 0.25) is 5.91 Å². The van der Waals surface area contributed by atoms with Crippen molar-refractivity contribution >= 4 is 11.9 Å². The Morgan fingerprint density at radius 3 is 2.59 bits per heavy atom. The highest BCUT2D eigenvalue weighted by Gasteiger charge is 2.24. The predicted molar refractivity (Wildman–Crippen MR) is 56.0 cm³/mol. The van der Waals surface area contributed by atoms with E-state index in [-0.39, 0.29) is 12.3 Å². The average molecular weight is 242 g/mol. The van der Waals surface area contributed by atoms with Gasteiger partial charge in [0, 0.05) is 7.11 Å². The van der Waals surface area contributed by atoms with Crippen molar-refractivity contribution < 1.29 is 19.1 Å². The Balaban J connectivity index is 3.19. The smallest absolute Gasteiger partial charge is 0.360 e. The lowest BCUT2D eigenvalue weighted by molar-refractivity contribution is -0.121. The summed E-state index contributed by atoms with van der Waals surface area (Å²) in [6.45, 7) is 1.63. The minimum Gasteiger partial charge on any atom is -0.464 e. The molecule has 17 heavy (non-hydrogen) atoms. The molecule has 1 amide bonds. The molecular weight excluding hydrogens is 228 g/mol. The second-order valence-corrected chi connectivity index (χ2v) is 3.33. The van der Waals surface area contributed by atoms with E-state index >= 15 is 0 Å². The largest absolute Gasteiger partial charge is 0.464 e. The van der Waals surface area contributed by atoms with Gasteiger partial charge in [0.25, 0.3) is 0 Å². The van der Waals surface area contributed by atoms with Gasteiger partial charge in [0.1, 0.15) is 11.7 Å². The Morgan fingerprint density at radius 1 is 1.47 bits per heavy atom. The molecule has 0 bridgehead atoms. The van der Waals surface area contributed by atoms with E-state index in [0.29, 0.717) is 5.69 Å². The summed E-state index contributed by atoms with van der Waals surface area (Å²) in [5.41, 5.74) is 5.53. The summed E-state index contributed by atoms with van der Waals surface area (Å²) in [6.07, 6.45) is 0. The molecule has 0 aromatic carbocycles. The summed E-state index contributed by atoms with van der Waals surface area (Å²) in [4.78, 5) is 22.5. The zero-order valence-electron chi connectivity index (χ0n) is 9.84. The number of amides is 1. The number of methoxy groups -OCH3 is 2. The minimum absolute atomic E-state index is 0.0162. The molecule has 1 unspecified atom stereocenters. The molecule has 0 saturated carbocycles. The number of hydrogen-bond donors (Lipinski definition) is 1. The van der Waals surface area contributed by atoms with Gasteiger partial charge in [-0.2, -0.15) is 0 Å². The van der Waals surface area contributed by atoms with Crippen molar-refractivity contribution in [2.24, 2.45) is 5.73 Å². The van der Waals surface area contributed by atoms with E-state index in [4.69, 9.17) is 10.5 Å². The summed E-state index contributed by atoms with van der Waals surface area (Å²) in [6, 6.07) is -0.717. The quantitative estimate of drug-likeness (QED) is 0.681. The fraction of sp³-hybridized carbons (Fsp3) is 0.556. The molecule has 8 nitrogen and oxygen atoms in total. The number of nitrogens with zero attached hydrogens (tertiary/aromatic N) is 3. The molecule has 1 atom stereocenters. The van der Waals surface area contributed by atoms with Crippen LogP contribution in [0.2, 0.25) is 0 Å². The molecule has 1 aromatic rings. The third-order valence-electron chi connectivity index (χ3n) is 2.23. The van der Waals surface area contributed by atoms with Gasteiger partial charge in [-0.3, -0.25) is 4.79 Å². The Kier molecular flexibility index (Phi) is 4.16. The molecule has 94 valence electrons. The number of hydrogen-bond acceptors (Lipinski definition) is 6. The van der Waals surface area contributed by atoms with Crippen molar-refractivity contribution in [1.29, 1.82) is 0 Å². The summed E-state index contributed by atoms with van der Waals surface area (Å²) in [5, 5.41) is 7.37. The molecule has 1 aromatic heterocycles. The lowest BCUT2D eigenvalue weighted by Gasteiger charge is -2.10. The van der Waals surface area contributed by atoms with Crippen LogP contribution in [0.1, 0.15) is 29.1 Å². The number of nitrogens with two attached hydrogens (primary N) is 1. The lowest BCUT2D eigenvalue weighted by Crippen LogP contribution is -2.26. The van der Waals surface area contributed by atoms with Crippen LogP contribution in [0.4, 0.5) is 0 Å². The van der Waals surface area contributed by atoms with Gasteiger partial charge in [0.15, 0.2) is 5.69 Å². The van der Waals surface area contributed by atoms with Gasteiger partial charge in [-0.1, -0.05) is 5.21 Å². The van der Waals surface area contributed by atoms with Crippen LogP contribution in [0.15, 0.2) is 0 Å². The number of carbonyl (C=O) groups is 2. The van der Waals surface area contributed by atoms with Gasteiger partial charge in [-0.15, -0.1) is 5.10 Å². The number of carbonyl (C=O) groups excluding carboxylic acids is 2. The van der Waals surface area contributed by atoms with Gasteiger partial charge in [-0.05, 0) is 6.92 Å². The summed E-state index contributed by atoms with van der Waals surface area (Å²) in [5.74, 6) is -1.22. The second-order valence-electron chi connectivity index (χ2n) is 3.33. The van der Waals surface area contributed by atoms with Crippen molar-refractivity contribution in [2.75, 3.05) is 14.2 Å². The lowest BCUT2D eigenvalue weighted by atomic mass is 10.2. The fourth-order valence-electron chi connectivity index (χ4n) is 1.27. The first-order valence-corrected chi connectivity index (χ1v) is 4.83. The third-order valence-corrected chi connectivity index (χ3v) is 2.23. The zero-order valence-corrected chi connectivity index (χ0v) is 9.84. The first-order chi connectivity index (χ1) is 8.02. The van der Waals surface area contributed by atoms with Gasteiger partial charge >= 0.3 is 5.97 Å².